The number of benzene rings is 3. The van der Waals surface area contributed by atoms with Gasteiger partial charge >= 0.3 is 0 Å². The zero-order valence-electron chi connectivity index (χ0n) is 18.6. The van der Waals surface area contributed by atoms with Gasteiger partial charge < -0.3 is 14.8 Å². The molecule has 3 rings (SSSR count). The highest BCUT2D eigenvalue weighted by molar-refractivity contribution is 7.98. The first-order valence-corrected chi connectivity index (χ1v) is 12.8. The van der Waals surface area contributed by atoms with Gasteiger partial charge in [0.05, 0.1) is 24.8 Å². The van der Waals surface area contributed by atoms with E-state index in [0.29, 0.717) is 11.4 Å². The molecule has 174 valence electrons. The predicted molar refractivity (Wildman–Crippen MR) is 131 cm³/mol. The highest BCUT2D eigenvalue weighted by Gasteiger charge is 2.27. The molecule has 0 radical (unpaired) electrons. The smallest absolute Gasteiger partial charge is 0.242 e. The number of ether oxygens (including phenoxy) is 2. The van der Waals surface area contributed by atoms with Gasteiger partial charge in [0.1, 0.15) is 6.04 Å². The largest absolute Gasteiger partial charge is 0.493 e. The molecular weight excluding hydrogens is 460 g/mol. The lowest BCUT2D eigenvalue weighted by Gasteiger charge is -2.20. The van der Waals surface area contributed by atoms with Crippen LogP contribution in [0, 0.1) is 0 Å². The van der Waals surface area contributed by atoms with E-state index in [4.69, 9.17) is 9.47 Å². The van der Waals surface area contributed by atoms with Crippen LogP contribution in [0.5, 0.6) is 11.5 Å². The molecule has 7 nitrogen and oxygen atoms in total. The maximum atomic E-state index is 13.2. The molecule has 0 aliphatic carbocycles. The Morgan fingerprint density at radius 3 is 2.27 bits per heavy atom. The van der Waals surface area contributed by atoms with Gasteiger partial charge in [-0.3, -0.25) is 4.79 Å². The van der Waals surface area contributed by atoms with Crippen molar-refractivity contribution in [3.63, 3.8) is 0 Å². The summed E-state index contributed by atoms with van der Waals surface area (Å²) in [6.45, 7) is 0. The first kappa shape index (κ1) is 24.6. The van der Waals surface area contributed by atoms with Gasteiger partial charge in [0.25, 0.3) is 0 Å². The summed E-state index contributed by atoms with van der Waals surface area (Å²) in [5.41, 5.74) is 1.45. The third-order valence-corrected chi connectivity index (χ3v) is 7.19. The van der Waals surface area contributed by atoms with Crippen LogP contribution >= 0.6 is 11.8 Å². The molecule has 9 heteroatoms. The third kappa shape index (κ3) is 6.28. The zero-order valence-corrected chi connectivity index (χ0v) is 20.2. The van der Waals surface area contributed by atoms with Crippen LogP contribution in [0.4, 0.5) is 5.69 Å². The van der Waals surface area contributed by atoms with Crippen LogP contribution < -0.4 is 19.5 Å². The molecule has 0 aliphatic heterocycles. The monoisotopic (exact) mass is 486 g/mol. The summed E-state index contributed by atoms with van der Waals surface area (Å²) >= 11 is 1.49. The number of anilines is 1. The second-order valence-electron chi connectivity index (χ2n) is 7.07. The molecule has 1 amide bonds. The normalized spacial score (nSPS) is 12.1. The highest BCUT2D eigenvalue weighted by atomic mass is 32.2. The highest BCUT2D eigenvalue weighted by Crippen LogP contribution is 2.30. The number of sulfonamides is 1. The summed E-state index contributed by atoms with van der Waals surface area (Å²) in [6, 6.07) is 19.8. The molecule has 0 bridgehead atoms. The summed E-state index contributed by atoms with van der Waals surface area (Å²) in [4.78, 5) is 14.1. The number of methoxy groups -OCH3 is 2. The van der Waals surface area contributed by atoms with E-state index in [1.54, 1.807) is 6.07 Å². The molecule has 0 heterocycles. The van der Waals surface area contributed by atoms with Crippen molar-refractivity contribution < 1.29 is 22.7 Å². The lowest BCUT2D eigenvalue weighted by Crippen LogP contribution is -2.45. The zero-order chi connectivity index (χ0) is 23.8. The third-order valence-electron chi connectivity index (χ3n) is 4.93. The maximum Gasteiger partial charge on any atom is 0.242 e. The number of carbonyl (C=O) groups excluding carboxylic acids is 1. The Kier molecular flexibility index (Phi) is 8.37. The Hall–Kier alpha value is -3.01. The van der Waals surface area contributed by atoms with Crippen molar-refractivity contribution in [1.82, 2.24) is 4.72 Å². The number of nitrogens with one attached hydrogen (secondary N) is 2. The van der Waals surface area contributed by atoms with Gasteiger partial charge in [-0.05, 0) is 42.5 Å². The van der Waals surface area contributed by atoms with Crippen molar-refractivity contribution in [2.45, 2.75) is 22.3 Å². The first-order chi connectivity index (χ1) is 15.9. The molecule has 0 aliphatic rings. The van der Waals surface area contributed by atoms with E-state index >= 15 is 0 Å². The molecule has 3 aromatic carbocycles. The Morgan fingerprint density at radius 1 is 0.939 bits per heavy atom. The number of hydrogen-bond acceptors (Lipinski definition) is 6. The minimum absolute atomic E-state index is 0.0319. The van der Waals surface area contributed by atoms with E-state index in [0.717, 1.165) is 10.5 Å². The molecular formula is C24H26N2O5S2. The standard InChI is InChI=1S/C24H26N2O5S2/c1-30-21-14-13-18(16-22(21)31-2)33(28,29)26-20(15-17-9-5-4-6-10-17)24(27)25-19-11-7-8-12-23(19)32-3/h4-14,16,20,26H,15H2,1-3H3,(H,25,27). The molecule has 0 aromatic heterocycles. The van der Waals surface area contributed by atoms with Crippen LogP contribution in [-0.4, -0.2) is 40.8 Å². The predicted octanol–water partition coefficient (Wildman–Crippen LogP) is 3.95. The summed E-state index contributed by atoms with van der Waals surface area (Å²) < 4.78 is 39.3. The number of amides is 1. The van der Waals surface area contributed by atoms with Crippen LogP contribution in [0.3, 0.4) is 0 Å². The summed E-state index contributed by atoms with van der Waals surface area (Å²) in [6.07, 6.45) is 2.09. The second-order valence-corrected chi connectivity index (χ2v) is 9.63. The maximum absolute atomic E-state index is 13.2. The van der Waals surface area contributed by atoms with Crippen molar-refractivity contribution >= 4 is 33.4 Å². The molecule has 3 aromatic rings. The Labute approximate surface area is 198 Å². The van der Waals surface area contributed by atoms with Crippen LogP contribution in [0.1, 0.15) is 5.56 Å². The quantitative estimate of drug-likeness (QED) is 0.422. The number of para-hydroxylation sites is 1. The molecule has 0 saturated heterocycles. The Morgan fingerprint density at radius 2 is 1.61 bits per heavy atom. The average Bonchev–Trinajstić information content (AvgIpc) is 2.84. The lowest BCUT2D eigenvalue weighted by molar-refractivity contribution is -0.117. The fourth-order valence-corrected chi connectivity index (χ4v) is 5.01. The summed E-state index contributed by atoms with van der Waals surface area (Å²) in [5, 5.41) is 2.87. The molecule has 0 saturated carbocycles. The van der Waals surface area contributed by atoms with E-state index in [2.05, 4.69) is 10.0 Å². The fraction of sp³-hybridized carbons (Fsp3) is 0.208. The van der Waals surface area contributed by atoms with Crippen molar-refractivity contribution in [2.75, 3.05) is 25.8 Å². The van der Waals surface area contributed by atoms with Crippen LogP contribution in [0.15, 0.2) is 82.6 Å². The SMILES string of the molecule is COc1ccc(S(=O)(=O)NC(Cc2ccccc2)C(=O)Nc2ccccc2SC)cc1OC. The number of carbonyl (C=O) groups is 1. The van der Waals surface area contributed by atoms with Crippen LogP contribution in [0.2, 0.25) is 0 Å². The minimum Gasteiger partial charge on any atom is -0.493 e. The fourth-order valence-electron chi connectivity index (χ4n) is 3.24. The van der Waals surface area contributed by atoms with E-state index < -0.39 is 22.0 Å². The molecule has 2 N–H and O–H groups in total. The lowest BCUT2D eigenvalue weighted by atomic mass is 10.1. The van der Waals surface area contributed by atoms with Gasteiger partial charge in [0, 0.05) is 11.0 Å². The van der Waals surface area contributed by atoms with Crippen molar-refractivity contribution in [2.24, 2.45) is 0 Å². The van der Waals surface area contributed by atoms with Gasteiger partial charge in [-0.1, -0.05) is 42.5 Å². The Balaban J connectivity index is 1.91. The van der Waals surface area contributed by atoms with E-state index in [1.165, 1.54) is 44.2 Å². The van der Waals surface area contributed by atoms with Gasteiger partial charge in [-0.15, -0.1) is 11.8 Å². The van der Waals surface area contributed by atoms with Crippen molar-refractivity contribution in [3.8, 4) is 11.5 Å². The molecule has 1 atom stereocenters. The molecule has 0 spiro atoms. The summed E-state index contributed by atoms with van der Waals surface area (Å²) in [5.74, 6) is 0.228. The van der Waals surface area contributed by atoms with Gasteiger partial charge in [0.15, 0.2) is 11.5 Å². The topological polar surface area (TPSA) is 93.7 Å². The number of thioether (sulfide) groups is 1. The summed E-state index contributed by atoms with van der Waals surface area (Å²) in [7, 11) is -1.15. The van der Waals surface area contributed by atoms with Crippen LogP contribution in [0.25, 0.3) is 0 Å². The van der Waals surface area contributed by atoms with Crippen LogP contribution in [-0.2, 0) is 21.2 Å². The van der Waals surface area contributed by atoms with E-state index in [-0.39, 0.29) is 17.1 Å². The van der Waals surface area contributed by atoms with Gasteiger partial charge in [0.2, 0.25) is 15.9 Å². The molecule has 1 unspecified atom stereocenters. The van der Waals surface area contributed by atoms with Crippen molar-refractivity contribution in [3.05, 3.63) is 78.4 Å². The average molecular weight is 487 g/mol. The number of rotatable bonds is 10. The minimum atomic E-state index is -4.04. The van der Waals surface area contributed by atoms with E-state index in [1.807, 2.05) is 54.8 Å². The number of hydrogen-bond donors (Lipinski definition) is 2. The Bertz CT molecular complexity index is 1200. The van der Waals surface area contributed by atoms with Gasteiger partial charge in [-0.25, -0.2) is 8.42 Å². The van der Waals surface area contributed by atoms with Gasteiger partial charge in [-0.2, -0.15) is 4.72 Å². The van der Waals surface area contributed by atoms with E-state index in [9.17, 15) is 13.2 Å². The second kappa shape index (κ2) is 11.2. The van der Waals surface area contributed by atoms with Crippen molar-refractivity contribution in [1.29, 1.82) is 0 Å². The first-order valence-electron chi connectivity index (χ1n) is 10.1. The molecule has 0 fully saturated rings. The molecule has 33 heavy (non-hydrogen) atoms.